The van der Waals surface area contributed by atoms with Crippen molar-refractivity contribution in [2.75, 3.05) is 11.9 Å². The van der Waals surface area contributed by atoms with Gasteiger partial charge in [-0.3, -0.25) is 29.3 Å². The lowest BCUT2D eigenvalue weighted by Gasteiger charge is -2.32. The first-order valence-corrected chi connectivity index (χ1v) is 15.1. The Balaban J connectivity index is 1.49. The third-order valence-electron chi connectivity index (χ3n) is 7.28. The van der Waals surface area contributed by atoms with E-state index in [9.17, 15) is 24.3 Å². The second-order valence-corrected chi connectivity index (χ2v) is 11.2. The van der Waals surface area contributed by atoms with Crippen molar-refractivity contribution >= 4 is 23.6 Å². The van der Waals surface area contributed by atoms with Crippen molar-refractivity contribution in [1.29, 1.82) is 0 Å². The Kier molecular flexibility index (Phi) is 12.1. The number of rotatable bonds is 14. The Hall–Kier alpha value is -5.50. The molecule has 14 heteroatoms. The molecule has 2 aromatic heterocycles. The molecule has 0 aliphatic heterocycles. The molecule has 2 unspecified atom stereocenters. The molecular formula is C34H36F2N6O6. The van der Waals surface area contributed by atoms with Crippen LogP contribution in [0.15, 0.2) is 96.1 Å². The van der Waals surface area contributed by atoms with Crippen LogP contribution in [-0.2, 0) is 33.9 Å². The maximum absolute atomic E-state index is 15.2. The first kappa shape index (κ1) is 35.4. The van der Waals surface area contributed by atoms with Crippen LogP contribution in [0.5, 0.6) is 0 Å². The molecule has 4 N–H and O–H groups in total. The molecule has 48 heavy (non-hydrogen) atoms. The van der Waals surface area contributed by atoms with E-state index in [4.69, 9.17) is 4.74 Å². The number of ether oxygens (including phenoxy) is 1. The average Bonchev–Trinajstić information content (AvgIpc) is 3.09. The number of aromatic nitrogens is 3. The Morgan fingerprint density at radius 3 is 2.27 bits per heavy atom. The van der Waals surface area contributed by atoms with E-state index in [2.05, 4.69) is 25.9 Å². The summed E-state index contributed by atoms with van der Waals surface area (Å²) in [5, 5.41) is 17.5. The molecule has 0 fully saturated rings. The van der Waals surface area contributed by atoms with E-state index in [1.807, 2.05) is 0 Å². The highest BCUT2D eigenvalue weighted by molar-refractivity contribution is 5.85. The summed E-state index contributed by atoms with van der Waals surface area (Å²) in [6.45, 7) is 2.03. The summed E-state index contributed by atoms with van der Waals surface area (Å²) in [5.41, 5.74) is 0.630. The van der Waals surface area contributed by atoms with E-state index in [0.717, 1.165) is 10.8 Å². The minimum atomic E-state index is -4.27. The second-order valence-electron chi connectivity index (χ2n) is 11.2. The highest BCUT2D eigenvalue weighted by atomic mass is 19.3. The lowest BCUT2D eigenvalue weighted by atomic mass is 9.93. The Morgan fingerprint density at radius 2 is 1.62 bits per heavy atom. The summed E-state index contributed by atoms with van der Waals surface area (Å²) in [6.07, 6.45) is -0.700. The van der Waals surface area contributed by atoms with Crippen molar-refractivity contribution in [3.63, 3.8) is 0 Å². The van der Waals surface area contributed by atoms with Crippen molar-refractivity contribution in [2.24, 2.45) is 5.92 Å². The number of carbonyl (C=O) groups excluding carboxylic acids is 3. The van der Waals surface area contributed by atoms with Gasteiger partial charge in [0.25, 0.3) is 11.5 Å². The van der Waals surface area contributed by atoms with Gasteiger partial charge >= 0.3 is 12.0 Å². The van der Waals surface area contributed by atoms with Gasteiger partial charge in [-0.1, -0.05) is 80.6 Å². The van der Waals surface area contributed by atoms with Crippen LogP contribution in [0.4, 0.5) is 19.3 Å². The summed E-state index contributed by atoms with van der Waals surface area (Å²) in [6, 6.07) is 20.8. The van der Waals surface area contributed by atoms with E-state index < -0.39 is 54.0 Å². The topological polar surface area (TPSA) is 165 Å². The highest BCUT2D eigenvalue weighted by Gasteiger charge is 2.51. The second kappa shape index (κ2) is 16.4. The van der Waals surface area contributed by atoms with Crippen LogP contribution in [0, 0.1) is 5.92 Å². The number of carbonyl (C=O) groups is 3. The SMILES string of the molecule is CC(C)C(NC(=O)Cn1c(-c2ccccc2)ncc(NC(=O)OCc2ccccc2)c1=O)C(O)C(F)(F)C(=O)NCCc1ccccn1. The molecule has 2 heterocycles. The smallest absolute Gasteiger partial charge is 0.412 e. The molecular weight excluding hydrogens is 626 g/mol. The molecule has 0 aliphatic carbocycles. The van der Waals surface area contributed by atoms with E-state index in [0.29, 0.717) is 16.8 Å². The minimum Gasteiger partial charge on any atom is -0.444 e. The van der Waals surface area contributed by atoms with Crippen LogP contribution in [-0.4, -0.2) is 62.2 Å². The Labute approximate surface area is 275 Å². The third-order valence-corrected chi connectivity index (χ3v) is 7.28. The summed E-state index contributed by atoms with van der Waals surface area (Å²) < 4.78 is 36.5. The molecule has 0 aliphatic rings. The maximum atomic E-state index is 15.2. The predicted octanol–water partition coefficient (Wildman–Crippen LogP) is 3.55. The number of aliphatic hydroxyl groups is 1. The maximum Gasteiger partial charge on any atom is 0.412 e. The van der Waals surface area contributed by atoms with E-state index in [1.165, 1.54) is 20.0 Å². The predicted molar refractivity (Wildman–Crippen MR) is 173 cm³/mol. The number of aliphatic hydroxyl groups excluding tert-OH is 1. The summed E-state index contributed by atoms with van der Waals surface area (Å²) in [7, 11) is 0. The van der Waals surface area contributed by atoms with Gasteiger partial charge in [0.05, 0.1) is 12.2 Å². The zero-order valence-corrected chi connectivity index (χ0v) is 26.3. The number of nitrogens with one attached hydrogen (secondary N) is 3. The summed E-state index contributed by atoms with van der Waals surface area (Å²) >= 11 is 0. The number of hydrogen-bond acceptors (Lipinski definition) is 8. The number of hydrogen-bond donors (Lipinski definition) is 4. The zero-order valence-electron chi connectivity index (χ0n) is 26.3. The molecule has 0 spiro atoms. The lowest BCUT2D eigenvalue weighted by Crippen LogP contribution is -2.59. The number of halogens is 2. The van der Waals surface area contributed by atoms with Gasteiger partial charge in [-0.15, -0.1) is 0 Å². The Morgan fingerprint density at radius 1 is 0.958 bits per heavy atom. The number of pyridine rings is 1. The van der Waals surface area contributed by atoms with Gasteiger partial charge in [-0.05, 0) is 23.6 Å². The fraction of sp³-hybridized carbons (Fsp3) is 0.294. The zero-order chi connectivity index (χ0) is 34.7. The van der Waals surface area contributed by atoms with Crippen molar-refractivity contribution in [3.8, 4) is 11.4 Å². The van der Waals surface area contributed by atoms with Crippen LogP contribution in [0.25, 0.3) is 11.4 Å². The van der Waals surface area contributed by atoms with Crippen LogP contribution in [0.1, 0.15) is 25.1 Å². The fourth-order valence-electron chi connectivity index (χ4n) is 4.72. The Bertz CT molecular complexity index is 1740. The monoisotopic (exact) mass is 662 g/mol. The van der Waals surface area contributed by atoms with Crippen LogP contribution < -0.4 is 21.5 Å². The van der Waals surface area contributed by atoms with Gasteiger partial charge in [-0.2, -0.15) is 8.78 Å². The molecule has 0 saturated carbocycles. The lowest BCUT2D eigenvalue weighted by molar-refractivity contribution is -0.169. The first-order chi connectivity index (χ1) is 23.0. The number of amides is 3. The van der Waals surface area contributed by atoms with Gasteiger partial charge in [0.1, 0.15) is 30.8 Å². The normalized spacial score (nSPS) is 12.5. The largest absolute Gasteiger partial charge is 0.444 e. The first-order valence-electron chi connectivity index (χ1n) is 15.1. The molecule has 0 bridgehead atoms. The van der Waals surface area contributed by atoms with Crippen molar-refractivity contribution in [1.82, 2.24) is 25.2 Å². The van der Waals surface area contributed by atoms with E-state index in [1.54, 1.807) is 78.9 Å². The average molecular weight is 663 g/mol. The van der Waals surface area contributed by atoms with Gasteiger partial charge in [0.15, 0.2) is 0 Å². The molecule has 2 aromatic carbocycles. The molecule has 2 atom stereocenters. The summed E-state index contributed by atoms with van der Waals surface area (Å²) in [4.78, 5) is 60.2. The molecule has 0 saturated heterocycles. The fourth-order valence-corrected chi connectivity index (χ4v) is 4.72. The number of nitrogens with zero attached hydrogens (tertiary/aromatic N) is 3. The van der Waals surface area contributed by atoms with E-state index >= 15 is 8.78 Å². The van der Waals surface area contributed by atoms with Crippen molar-refractivity contribution in [2.45, 2.75) is 51.5 Å². The van der Waals surface area contributed by atoms with Crippen molar-refractivity contribution < 1.29 is 33.0 Å². The van der Waals surface area contributed by atoms with Gasteiger partial charge in [0.2, 0.25) is 5.91 Å². The number of benzene rings is 2. The molecule has 4 rings (SSSR count). The quantitative estimate of drug-likeness (QED) is 0.159. The summed E-state index contributed by atoms with van der Waals surface area (Å²) in [5.74, 6) is -7.62. The molecule has 12 nitrogen and oxygen atoms in total. The molecule has 252 valence electrons. The van der Waals surface area contributed by atoms with E-state index in [-0.39, 0.29) is 31.1 Å². The molecule has 4 aromatic rings. The van der Waals surface area contributed by atoms with Gasteiger partial charge in [-0.25, -0.2) is 9.78 Å². The van der Waals surface area contributed by atoms with Crippen LogP contribution in [0.2, 0.25) is 0 Å². The standard InChI is InChI=1S/C34H36F2N6O6/c1-22(2)28(29(44)34(35,36)32(46)38-18-16-25-15-9-10-17-37-25)41-27(43)20-42-30(24-13-7-4-8-14-24)39-19-26(31(42)45)40-33(47)48-21-23-11-5-3-6-12-23/h3-15,17,19,22,28-29,44H,16,18,20-21H2,1-2H3,(H,38,46)(H,40,47)(H,41,43). The van der Waals surface area contributed by atoms with Gasteiger partial charge in [0, 0.05) is 30.4 Å². The highest BCUT2D eigenvalue weighted by Crippen LogP contribution is 2.25. The van der Waals surface area contributed by atoms with Crippen LogP contribution in [0.3, 0.4) is 0 Å². The van der Waals surface area contributed by atoms with Crippen LogP contribution >= 0.6 is 0 Å². The molecule has 0 radical (unpaired) electrons. The van der Waals surface area contributed by atoms with Crippen molar-refractivity contribution in [3.05, 3.63) is 113 Å². The minimum absolute atomic E-state index is 0.0539. The number of anilines is 1. The molecule has 3 amide bonds. The van der Waals surface area contributed by atoms with Gasteiger partial charge < -0.3 is 20.5 Å². The number of alkyl halides is 2. The third kappa shape index (κ3) is 9.28.